The summed E-state index contributed by atoms with van der Waals surface area (Å²) >= 11 is 0. The van der Waals surface area contributed by atoms with Crippen molar-refractivity contribution in [3.05, 3.63) is 76.8 Å². The fourth-order valence-corrected chi connectivity index (χ4v) is 3.26. The fourth-order valence-electron chi connectivity index (χ4n) is 3.26. The molecule has 144 valence electrons. The van der Waals surface area contributed by atoms with Crippen LogP contribution in [0.3, 0.4) is 0 Å². The number of aromatic nitrogens is 2. The van der Waals surface area contributed by atoms with Crippen molar-refractivity contribution in [2.24, 2.45) is 0 Å². The van der Waals surface area contributed by atoms with E-state index in [0.717, 1.165) is 6.54 Å². The van der Waals surface area contributed by atoms with Crippen LogP contribution in [0.5, 0.6) is 0 Å². The summed E-state index contributed by atoms with van der Waals surface area (Å²) in [7, 11) is 0. The van der Waals surface area contributed by atoms with Gasteiger partial charge < -0.3 is 14.3 Å². The van der Waals surface area contributed by atoms with Crippen molar-refractivity contribution < 1.29 is 18.8 Å². The van der Waals surface area contributed by atoms with Crippen LogP contribution in [0, 0.1) is 6.92 Å². The molecule has 0 saturated carbocycles. The molecule has 4 rings (SSSR count). The zero-order valence-electron chi connectivity index (χ0n) is 14.7. The fraction of sp³-hybridized carbons (Fsp3) is 0.238. The quantitative estimate of drug-likeness (QED) is 0.538. The molecule has 7 heteroatoms. The third kappa shape index (κ3) is 3.15. The molecule has 1 aromatic carbocycles. The van der Waals surface area contributed by atoms with Crippen molar-refractivity contribution in [2.45, 2.75) is 27.3 Å². The summed E-state index contributed by atoms with van der Waals surface area (Å²) in [5.41, 5.74) is 1.22. The Bertz CT molecular complexity index is 1050. The number of carbonyl (C=O) groups excluding carboxylic acids is 3. The number of rotatable bonds is 5. The van der Waals surface area contributed by atoms with Gasteiger partial charge in [0.05, 0.1) is 11.9 Å². The van der Waals surface area contributed by atoms with Crippen LogP contribution in [0.25, 0.3) is 0 Å². The maximum atomic E-state index is 12.7. The SMILES string of the molecule is C.Cc1c(C(=O)NCCCn2ccnc2)oc2c1C(=O)c1ccccc1C2=O. The van der Waals surface area contributed by atoms with Crippen molar-refractivity contribution >= 4 is 17.5 Å². The number of hydrogen-bond donors (Lipinski definition) is 1. The molecule has 0 bridgehead atoms. The Balaban J connectivity index is 0.00000225. The van der Waals surface area contributed by atoms with Crippen LogP contribution in [0.15, 0.2) is 47.4 Å². The molecule has 0 atom stereocenters. The maximum absolute atomic E-state index is 12.7. The van der Waals surface area contributed by atoms with E-state index in [1.165, 1.54) is 0 Å². The highest BCUT2D eigenvalue weighted by Crippen LogP contribution is 2.32. The molecule has 0 saturated heterocycles. The smallest absolute Gasteiger partial charge is 0.287 e. The molecule has 2 heterocycles. The number of aryl methyl sites for hydroxylation is 1. The summed E-state index contributed by atoms with van der Waals surface area (Å²) < 4.78 is 7.46. The number of benzene rings is 1. The van der Waals surface area contributed by atoms with Gasteiger partial charge in [0.2, 0.25) is 5.78 Å². The second kappa shape index (κ2) is 7.64. The van der Waals surface area contributed by atoms with E-state index in [9.17, 15) is 14.4 Å². The lowest BCUT2D eigenvalue weighted by Gasteiger charge is -2.12. The van der Waals surface area contributed by atoms with E-state index in [1.807, 2.05) is 10.8 Å². The lowest BCUT2D eigenvalue weighted by atomic mass is 9.87. The van der Waals surface area contributed by atoms with Gasteiger partial charge >= 0.3 is 0 Å². The number of ketones is 2. The molecule has 1 aliphatic rings. The molecule has 1 N–H and O–H groups in total. The maximum Gasteiger partial charge on any atom is 0.287 e. The van der Waals surface area contributed by atoms with Gasteiger partial charge in [-0.2, -0.15) is 0 Å². The summed E-state index contributed by atoms with van der Waals surface area (Å²) in [6.45, 7) is 2.78. The minimum Gasteiger partial charge on any atom is -0.446 e. The van der Waals surface area contributed by atoms with Crippen molar-refractivity contribution in [1.29, 1.82) is 0 Å². The third-order valence-electron chi connectivity index (χ3n) is 4.64. The average molecular weight is 379 g/mol. The Hall–Kier alpha value is -3.48. The summed E-state index contributed by atoms with van der Waals surface area (Å²) in [4.78, 5) is 41.8. The minimum atomic E-state index is -0.433. The van der Waals surface area contributed by atoms with Gasteiger partial charge in [-0.15, -0.1) is 0 Å². The van der Waals surface area contributed by atoms with Crippen molar-refractivity contribution in [1.82, 2.24) is 14.9 Å². The van der Waals surface area contributed by atoms with Crippen LogP contribution < -0.4 is 5.32 Å². The third-order valence-corrected chi connectivity index (χ3v) is 4.64. The first-order chi connectivity index (χ1) is 13.1. The Labute approximate surface area is 162 Å². The number of amides is 1. The number of carbonyl (C=O) groups is 3. The van der Waals surface area contributed by atoms with E-state index < -0.39 is 5.91 Å². The molecular formula is C21H21N3O4. The molecule has 0 unspecified atom stereocenters. The van der Waals surface area contributed by atoms with Crippen molar-refractivity contribution in [3.63, 3.8) is 0 Å². The molecular weight excluding hydrogens is 358 g/mol. The largest absolute Gasteiger partial charge is 0.446 e. The topological polar surface area (TPSA) is 94.2 Å². The molecule has 2 aromatic heterocycles. The Morgan fingerprint density at radius 3 is 2.57 bits per heavy atom. The van der Waals surface area contributed by atoms with Crippen LogP contribution in [0.2, 0.25) is 0 Å². The number of imidazole rings is 1. The summed E-state index contributed by atoms with van der Waals surface area (Å²) in [6.07, 6.45) is 5.97. The molecule has 7 nitrogen and oxygen atoms in total. The lowest BCUT2D eigenvalue weighted by molar-refractivity contribution is 0.0912. The van der Waals surface area contributed by atoms with Crippen molar-refractivity contribution in [2.75, 3.05) is 6.54 Å². The Morgan fingerprint density at radius 2 is 1.89 bits per heavy atom. The second-order valence-corrected chi connectivity index (χ2v) is 6.37. The monoisotopic (exact) mass is 379 g/mol. The summed E-state index contributed by atoms with van der Waals surface area (Å²) in [6, 6.07) is 6.60. The minimum absolute atomic E-state index is 0. The second-order valence-electron chi connectivity index (χ2n) is 6.37. The van der Waals surface area contributed by atoms with E-state index in [2.05, 4.69) is 10.3 Å². The lowest BCUT2D eigenvalue weighted by Crippen LogP contribution is -2.25. The standard InChI is InChI=1S/C20H17N3O4.CH4/c1-12-15-16(24)13-5-2-3-6-14(13)17(25)19(15)27-18(12)20(26)22-7-4-9-23-10-8-21-11-23;/h2-3,5-6,8,10-11H,4,7,9H2,1H3,(H,22,26);1H4. The van der Waals surface area contributed by atoms with Gasteiger partial charge in [0.25, 0.3) is 5.91 Å². The number of nitrogens with zero attached hydrogens (tertiary/aromatic N) is 2. The highest BCUT2D eigenvalue weighted by atomic mass is 16.4. The molecule has 1 amide bonds. The molecule has 0 radical (unpaired) electrons. The van der Waals surface area contributed by atoms with E-state index in [-0.39, 0.29) is 36.1 Å². The summed E-state index contributed by atoms with van der Waals surface area (Å²) in [5, 5.41) is 2.77. The van der Waals surface area contributed by atoms with Crippen LogP contribution >= 0.6 is 0 Å². The van der Waals surface area contributed by atoms with Crippen LogP contribution in [-0.4, -0.2) is 33.6 Å². The molecule has 0 aliphatic heterocycles. The predicted molar refractivity (Wildman–Crippen MR) is 103 cm³/mol. The highest BCUT2D eigenvalue weighted by molar-refractivity contribution is 6.28. The number of nitrogens with one attached hydrogen (secondary N) is 1. The zero-order chi connectivity index (χ0) is 19.0. The number of furan rings is 1. The number of fused-ring (bicyclic) bond motifs is 2. The predicted octanol–water partition coefficient (Wildman–Crippen LogP) is 3.02. The van der Waals surface area contributed by atoms with Gasteiger partial charge in [-0.25, -0.2) is 4.98 Å². The summed E-state index contributed by atoms with van der Waals surface area (Å²) in [5.74, 6) is -1.14. The normalized spacial score (nSPS) is 12.2. The molecule has 0 fully saturated rings. The van der Waals surface area contributed by atoms with Gasteiger partial charge in [0.1, 0.15) is 0 Å². The van der Waals surface area contributed by atoms with Crippen LogP contribution in [-0.2, 0) is 6.54 Å². The van der Waals surface area contributed by atoms with Crippen molar-refractivity contribution in [3.8, 4) is 0 Å². The van der Waals surface area contributed by atoms with Crippen LogP contribution in [0.4, 0.5) is 0 Å². The molecule has 0 spiro atoms. The van der Waals surface area contributed by atoms with E-state index in [1.54, 1.807) is 43.7 Å². The Kier molecular flexibility index (Phi) is 5.26. The highest BCUT2D eigenvalue weighted by Gasteiger charge is 2.37. The first-order valence-corrected chi connectivity index (χ1v) is 8.63. The Morgan fingerprint density at radius 1 is 1.18 bits per heavy atom. The number of hydrogen-bond acceptors (Lipinski definition) is 5. The first-order valence-electron chi connectivity index (χ1n) is 8.63. The zero-order valence-corrected chi connectivity index (χ0v) is 14.7. The molecule has 3 aromatic rings. The first kappa shape index (κ1) is 19.3. The van der Waals surface area contributed by atoms with E-state index in [0.29, 0.717) is 29.7 Å². The molecule has 28 heavy (non-hydrogen) atoms. The van der Waals surface area contributed by atoms with Gasteiger partial charge in [0.15, 0.2) is 17.3 Å². The van der Waals surface area contributed by atoms with Gasteiger partial charge in [-0.05, 0) is 13.3 Å². The average Bonchev–Trinajstić information content (AvgIpc) is 3.31. The van der Waals surface area contributed by atoms with E-state index in [4.69, 9.17) is 4.42 Å². The molecule has 1 aliphatic carbocycles. The van der Waals surface area contributed by atoms with E-state index >= 15 is 0 Å². The van der Waals surface area contributed by atoms with Gasteiger partial charge in [0, 0.05) is 42.2 Å². The van der Waals surface area contributed by atoms with Gasteiger partial charge in [-0.3, -0.25) is 14.4 Å². The van der Waals surface area contributed by atoms with Crippen LogP contribution in [0.1, 0.15) is 62.0 Å². The van der Waals surface area contributed by atoms with Gasteiger partial charge in [-0.1, -0.05) is 31.7 Å².